The Morgan fingerprint density at radius 3 is 1.10 bits per heavy atom. The van der Waals surface area contributed by atoms with Crippen LogP contribution in [0.25, 0.3) is 0 Å². The highest BCUT2D eigenvalue weighted by Gasteiger charge is 2.19. The lowest BCUT2D eigenvalue weighted by Crippen LogP contribution is -2.30. The fraction of sp³-hybridized carbons (Fsp3) is 0.642. The summed E-state index contributed by atoms with van der Waals surface area (Å²) in [5, 5.41) is 0. The Bertz CT molecular complexity index is 1220. The predicted octanol–water partition coefficient (Wildman–Crippen LogP) is 15.4. The highest BCUT2D eigenvalue weighted by molar-refractivity contribution is 5.71. The van der Waals surface area contributed by atoms with Crippen LogP contribution in [0.4, 0.5) is 0 Å². The minimum absolute atomic E-state index is 0.106. The monoisotopic (exact) mass is 819 g/mol. The predicted molar refractivity (Wildman–Crippen MR) is 251 cm³/mol. The number of unbranched alkanes of at least 4 members (excludes halogenated alkanes) is 20. The molecule has 6 nitrogen and oxygen atoms in total. The molecule has 0 spiro atoms. The van der Waals surface area contributed by atoms with E-state index in [1.54, 1.807) is 0 Å². The molecule has 0 bridgehead atoms. The fourth-order valence-electron chi connectivity index (χ4n) is 6.16. The van der Waals surface area contributed by atoms with Crippen LogP contribution < -0.4 is 0 Å². The molecule has 6 heteroatoms. The molecule has 334 valence electrons. The van der Waals surface area contributed by atoms with Crippen molar-refractivity contribution in [3.63, 3.8) is 0 Å². The summed E-state index contributed by atoms with van der Waals surface area (Å²) < 4.78 is 16.7. The maximum Gasteiger partial charge on any atom is 0.306 e. The van der Waals surface area contributed by atoms with Crippen LogP contribution in [0.3, 0.4) is 0 Å². The Morgan fingerprint density at radius 1 is 0.356 bits per heavy atom. The van der Waals surface area contributed by atoms with Gasteiger partial charge in [0.05, 0.1) is 0 Å². The van der Waals surface area contributed by atoms with Crippen molar-refractivity contribution >= 4 is 17.9 Å². The first-order chi connectivity index (χ1) is 29.0. The van der Waals surface area contributed by atoms with Crippen molar-refractivity contribution in [1.29, 1.82) is 0 Å². The molecule has 0 aliphatic rings. The smallest absolute Gasteiger partial charge is 0.306 e. The third kappa shape index (κ3) is 45.3. The molecule has 0 rings (SSSR count). The minimum Gasteiger partial charge on any atom is -0.462 e. The lowest BCUT2D eigenvalue weighted by molar-refractivity contribution is -0.167. The van der Waals surface area contributed by atoms with Crippen LogP contribution >= 0.6 is 0 Å². The zero-order valence-corrected chi connectivity index (χ0v) is 38.0. The van der Waals surface area contributed by atoms with Gasteiger partial charge in [-0.3, -0.25) is 14.4 Å². The van der Waals surface area contributed by atoms with Gasteiger partial charge in [0.1, 0.15) is 13.2 Å². The second-order valence-corrected chi connectivity index (χ2v) is 15.5. The Kier molecular flexibility index (Phi) is 44.1. The first-order valence-corrected chi connectivity index (χ1v) is 23.8. The van der Waals surface area contributed by atoms with Crippen LogP contribution in [0.2, 0.25) is 0 Å². The van der Waals surface area contributed by atoms with Gasteiger partial charge in [0.25, 0.3) is 0 Å². The quantitative estimate of drug-likeness (QED) is 0.0265. The molecule has 0 heterocycles. The van der Waals surface area contributed by atoms with Gasteiger partial charge >= 0.3 is 17.9 Å². The van der Waals surface area contributed by atoms with Crippen molar-refractivity contribution in [1.82, 2.24) is 0 Å². The Hall–Kier alpha value is -3.67. The van der Waals surface area contributed by atoms with E-state index in [9.17, 15) is 14.4 Å². The second-order valence-electron chi connectivity index (χ2n) is 15.5. The number of rotatable bonds is 41. The summed E-state index contributed by atoms with van der Waals surface area (Å²) in [5.41, 5.74) is 0. The molecule has 1 atom stereocenters. The lowest BCUT2D eigenvalue weighted by Gasteiger charge is -2.18. The van der Waals surface area contributed by atoms with E-state index in [1.165, 1.54) is 77.0 Å². The summed E-state index contributed by atoms with van der Waals surface area (Å²) in [4.78, 5) is 37.8. The van der Waals surface area contributed by atoms with Crippen molar-refractivity contribution in [2.24, 2.45) is 0 Å². The Morgan fingerprint density at radius 2 is 0.678 bits per heavy atom. The first kappa shape index (κ1) is 55.3. The average Bonchev–Trinajstić information content (AvgIpc) is 3.23. The Balaban J connectivity index is 4.51. The molecular weight excluding hydrogens is 733 g/mol. The van der Waals surface area contributed by atoms with Gasteiger partial charge in [0.15, 0.2) is 6.10 Å². The van der Waals surface area contributed by atoms with Gasteiger partial charge in [0, 0.05) is 19.3 Å². The zero-order chi connectivity index (χ0) is 43.0. The minimum atomic E-state index is -0.804. The molecule has 0 aromatic heterocycles. The number of esters is 3. The summed E-state index contributed by atoms with van der Waals surface area (Å²) in [6.45, 7) is 6.36. The van der Waals surface area contributed by atoms with Crippen LogP contribution in [0.1, 0.15) is 201 Å². The molecule has 59 heavy (non-hydrogen) atoms. The molecule has 0 aromatic carbocycles. The summed E-state index contributed by atoms with van der Waals surface area (Å²) in [6, 6.07) is 0. The number of hydrogen-bond acceptors (Lipinski definition) is 6. The van der Waals surface area contributed by atoms with Gasteiger partial charge in [-0.05, 0) is 57.8 Å². The Labute approximate surface area is 362 Å². The number of allylic oxidation sites excluding steroid dienone is 16. The largest absolute Gasteiger partial charge is 0.462 e. The normalized spacial score (nSPS) is 12.9. The van der Waals surface area contributed by atoms with Gasteiger partial charge in [-0.1, -0.05) is 221 Å². The SMILES string of the molecule is CC\C=C/C=C\C=C/C=C\C=C\C=C/CCCCCC(=O)OCC(COC(=O)CCCCC/C=C\C=C/CCCC)OC(=O)CCCCCCCCCCCCCCC. The van der Waals surface area contributed by atoms with E-state index in [0.717, 1.165) is 83.5 Å². The maximum absolute atomic E-state index is 12.7. The van der Waals surface area contributed by atoms with E-state index in [-0.39, 0.29) is 31.1 Å². The van der Waals surface area contributed by atoms with Crippen LogP contribution in [-0.2, 0) is 28.6 Å². The average molecular weight is 819 g/mol. The molecule has 0 radical (unpaired) electrons. The standard InChI is InChI=1S/C53H86O6/c1-4-7-10-13-16-19-22-24-25-26-27-29-31-34-37-40-43-46-52(55)58-49-50(48-57-51(54)45-42-39-36-33-30-21-18-15-12-9-6-3)59-53(56)47-44-41-38-35-32-28-23-20-17-14-11-8-5-2/h7,10,13,15-16,18-19,21-22,24-27,29-31,50H,4-6,8-9,11-12,14,17,20,23,28,32-49H2,1-3H3/b10-7-,16-13-,18-15-,22-19-,25-24-,27-26+,30-21-,31-29-. The van der Waals surface area contributed by atoms with Crippen molar-refractivity contribution in [3.05, 3.63) is 97.2 Å². The molecule has 0 saturated carbocycles. The summed E-state index contributed by atoms with van der Waals surface area (Å²) in [5.74, 6) is -0.982. The topological polar surface area (TPSA) is 78.9 Å². The van der Waals surface area contributed by atoms with E-state index in [4.69, 9.17) is 14.2 Å². The van der Waals surface area contributed by atoms with Crippen molar-refractivity contribution in [2.45, 2.75) is 207 Å². The van der Waals surface area contributed by atoms with Gasteiger partial charge in [-0.25, -0.2) is 0 Å². The number of carbonyl (C=O) groups excluding carboxylic acids is 3. The first-order valence-electron chi connectivity index (χ1n) is 23.8. The van der Waals surface area contributed by atoms with E-state index >= 15 is 0 Å². The summed E-state index contributed by atoms with van der Waals surface area (Å²) in [6.07, 6.45) is 61.0. The molecular formula is C53H86O6. The van der Waals surface area contributed by atoms with Crippen LogP contribution in [0.15, 0.2) is 97.2 Å². The third-order valence-electron chi connectivity index (χ3n) is 9.76. The van der Waals surface area contributed by atoms with Crippen molar-refractivity contribution < 1.29 is 28.6 Å². The van der Waals surface area contributed by atoms with E-state index in [1.807, 2.05) is 60.8 Å². The molecule has 1 unspecified atom stereocenters. The van der Waals surface area contributed by atoms with Gasteiger partial charge < -0.3 is 14.2 Å². The van der Waals surface area contributed by atoms with Crippen molar-refractivity contribution in [3.8, 4) is 0 Å². The fourth-order valence-corrected chi connectivity index (χ4v) is 6.16. The number of ether oxygens (including phenoxy) is 3. The van der Waals surface area contributed by atoms with E-state index in [0.29, 0.717) is 19.3 Å². The molecule has 0 saturated heterocycles. The third-order valence-corrected chi connectivity index (χ3v) is 9.76. The van der Waals surface area contributed by atoms with Gasteiger partial charge in [-0.2, -0.15) is 0 Å². The molecule has 0 aromatic rings. The van der Waals surface area contributed by atoms with E-state index in [2.05, 4.69) is 57.2 Å². The number of carbonyl (C=O) groups is 3. The van der Waals surface area contributed by atoms with Gasteiger partial charge in [0.2, 0.25) is 0 Å². The van der Waals surface area contributed by atoms with Crippen LogP contribution in [-0.4, -0.2) is 37.2 Å². The van der Waals surface area contributed by atoms with Crippen molar-refractivity contribution in [2.75, 3.05) is 13.2 Å². The highest BCUT2D eigenvalue weighted by Crippen LogP contribution is 2.14. The highest BCUT2D eigenvalue weighted by atomic mass is 16.6. The summed E-state index contributed by atoms with van der Waals surface area (Å²) in [7, 11) is 0. The molecule has 0 aliphatic heterocycles. The molecule has 0 fully saturated rings. The summed E-state index contributed by atoms with van der Waals surface area (Å²) >= 11 is 0. The maximum atomic E-state index is 12.7. The van der Waals surface area contributed by atoms with Gasteiger partial charge in [-0.15, -0.1) is 0 Å². The van der Waals surface area contributed by atoms with E-state index < -0.39 is 6.10 Å². The zero-order valence-electron chi connectivity index (χ0n) is 38.0. The second kappa shape index (κ2) is 47.0. The van der Waals surface area contributed by atoms with Crippen LogP contribution in [0, 0.1) is 0 Å². The molecule has 0 aliphatic carbocycles. The molecule has 0 amide bonds. The number of hydrogen-bond donors (Lipinski definition) is 0. The lowest BCUT2D eigenvalue weighted by atomic mass is 10.0. The molecule has 0 N–H and O–H groups in total. The van der Waals surface area contributed by atoms with Crippen LogP contribution in [0.5, 0.6) is 0 Å².